The average Bonchev–Trinajstić information content (AvgIpc) is 2.15. The molecule has 0 aliphatic carbocycles. The number of hydrogen-bond acceptors (Lipinski definition) is 2. The molecule has 0 N–H and O–H groups in total. The van der Waals surface area contributed by atoms with Gasteiger partial charge in [-0.2, -0.15) is 0 Å². The molecule has 1 aliphatic heterocycles. The van der Waals surface area contributed by atoms with Crippen molar-refractivity contribution in [2.24, 2.45) is 11.8 Å². The molecule has 1 heterocycles. The Labute approximate surface area is 75.2 Å². The van der Waals surface area contributed by atoms with Crippen LogP contribution in [0.25, 0.3) is 0 Å². The second kappa shape index (κ2) is 5.55. The second-order valence-electron chi connectivity index (χ2n) is 3.57. The van der Waals surface area contributed by atoms with Gasteiger partial charge in [0.15, 0.2) is 0 Å². The molecule has 1 rings (SSSR count). The summed E-state index contributed by atoms with van der Waals surface area (Å²) in [6.07, 6.45) is 3.68. The first-order chi connectivity index (χ1) is 5.88. The van der Waals surface area contributed by atoms with Gasteiger partial charge in [-0.15, -0.1) is 0 Å². The highest BCUT2D eigenvalue weighted by molar-refractivity contribution is 4.71. The van der Waals surface area contributed by atoms with Crippen LogP contribution in [-0.4, -0.2) is 26.9 Å². The lowest BCUT2D eigenvalue weighted by atomic mass is 9.85. The van der Waals surface area contributed by atoms with E-state index in [4.69, 9.17) is 9.47 Å². The molecule has 0 aromatic heterocycles. The summed E-state index contributed by atoms with van der Waals surface area (Å²) in [7, 11) is 1.79. The van der Waals surface area contributed by atoms with Gasteiger partial charge in [-0.3, -0.25) is 0 Å². The minimum atomic E-state index is 0.749. The maximum atomic E-state index is 5.33. The van der Waals surface area contributed by atoms with E-state index in [1.54, 1.807) is 7.11 Å². The zero-order valence-corrected chi connectivity index (χ0v) is 8.21. The predicted molar refractivity (Wildman–Crippen MR) is 49.2 cm³/mol. The molecule has 1 fully saturated rings. The monoisotopic (exact) mass is 172 g/mol. The molecule has 1 unspecified atom stereocenters. The van der Waals surface area contributed by atoms with Crippen LogP contribution in [-0.2, 0) is 9.47 Å². The topological polar surface area (TPSA) is 18.5 Å². The number of hydrogen-bond donors (Lipinski definition) is 0. The Hall–Kier alpha value is -0.0800. The first-order valence-electron chi connectivity index (χ1n) is 4.95. The van der Waals surface area contributed by atoms with Crippen LogP contribution in [0.1, 0.15) is 26.2 Å². The van der Waals surface area contributed by atoms with Crippen LogP contribution < -0.4 is 0 Å². The molecule has 1 atom stereocenters. The highest BCUT2D eigenvalue weighted by atomic mass is 16.5. The normalized spacial score (nSPS) is 22.5. The van der Waals surface area contributed by atoms with Crippen LogP contribution >= 0.6 is 0 Å². The number of methoxy groups -OCH3 is 1. The molecular weight excluding hydrogens is 152 g/mol. The summed E-state index contributed by atoms with van der Waals surface area (Å²) in [5.41, 5.74) is 0. The fraction of sp³-hybridized carbons (Fsp3) is 1.00. The molecule has 0 aromatic rings. The molecule has 0 spiro atoms. The van der Waals surface area contributed by atoms with E-state index in [1.165, 1.54) is 19.3 Å². The highest BCUT2D eigenvalue weighted by Crippen LogP contribution is 2.26. The van der Waals surface area contributed by atoms with Crippen molar-refractivity contribution in [3.63, 3.8) is 0 Å². The highest BCUT2D eigenvalue weighted by Gasteiger charge is 2.22. The minimum Gasteiger partial charge on any atom is -0.384 e. The standard InChI is InChI=1S/C10H20O2/c1-3-9(8-11-2)10-4-6-12-7-5-10/h9-10H,3-8H2,1-2H3. The molecule has 0 radical (unpaired) electrons. The SMILES string of the molecule is CCC(COC)C1CCOCC1. The number of ether oxygens (including phenoxy) is 2. The molecule has 1 saturated heterocycles. The molecule has 0 amide bonds. The van der Waals surface area contributed by atoms with Gasteiger partial charge >= 0.3 is 0 Å². The summed E-state index contributed by atoms with van der Waals surface area (Å²) in [5.74, 6) is 1.59. The van der Waals surface area contributed by atoms with Gasteiger partial charge < -0.3 is 9.47 Å². The van der Waals surface area contributed by atoms with E-state index in [0.29, 0.717) is 0 Å². The Bertz CT molecular complexity index is 106. The van der Waals surface area contributed by atoms with E-state index in [1.807, 2.05) is 0 Å². The first kappa shape index (κ1) is 10.0. The van der Waals surface area contributed by atoms with Gasteiger partial charge in [0.2, 0.25) is 0 Å². The molecule has 12 heavy (non-hydrogen) atoms. The van der Waals surface area contributed by atoms with Crippen molar-refractivity contribution in [3.05, 3.63) is 0 Å². The molecule has 72 valence electrons. The minimum absolute atomic E-state index is 0.749. The lowest BCUT2D eigenvalue weighted by Crippen LogP contribution is -2.25. The second-order valence-corrected chi connectivity index (χ2v) is 3.57. The third kappa shape index (κ3) is 2.76. The Morgan fingerprint density at radius 3 is 2.58 bits per heavy atom. The van der Waals surface area contributed by atoms with Crippen molar-refractivity contribution in [1.29, 1.82) is 0 Å². The van der Waals surface area contributed by atoms with Crippen molar-refractivity contribution in [2.75, 3.05) is 26.9 Å². The maximum Gasteiger partial charge on any atom is 0.0493 e. The van der Waals surface area contributed by atoms with Gasteiger partial charge in [-0.05, 0) is 24.7 Å². The van der Waals surface area contributed by atoms with E-state index in [-0.39, 0.29) is 0 Å². The van der Waals surface area contributed by atoms with Crippen LogP contribution in [0.2, 0.25) is 0 Å². The van der Waals surface area contributed by atoms with Gasteiger partial charge in [0.1, 0.15) is 0 Å². The van der Waals surface area contributed by atoms with Crippen LogP contribution in [0.5, 0.6) is 0 Å². The molecule has 2 heteroatoms. The smallest absolute Gasteiger partial charge is 0.0493 e. The van der Waals surface area contributed by atoms with Gasteiger partial charge in [0.05, 0.1) is 0 Å². The zero-order chi connectivity index (χ0) is 8.81. The van der Waals surface area contributed by atoms with Crippen LogP contribution in [0.4, 0.5) is 0 Å². The Morgan fingerprint density at radius 1 is 1.42 bits per heavy atom. The maximum absolute atomic E-state index is 5.33. The van der Waals surface area contributed by atoms with Crippen LogP contribution in [0, 0.1) is 11.8 Å². The molecule has 0 bridgehead atoms. The average molecular weight is 172 g/mol. The third-order valence-electron chi connectivity index (χ3n) is 2.84. The molecule has 0 aromatic carbocycles. The van der Waals surface area contributed by atoms with E-state index in [9.17, 15) is 0 Å². The largest absolute Gasteiger partial charge is 0.384 e. The third-order valence-corrected chi connectivity index (χ3v) is 2.84. The predicted octanol–water partition coefficient (Wildman–Crippen LogP) is 2.09. The summed E-state index contributed by atoms with van der Waals surface area (Å²) in [4.78, 5) is 0. The lowest BCUT2D eigenvalue weighted by molar-refractivity contribution is 0.0245. The summed E-state index contributed by atoms with van der Waals surface area (Å²) in [5, 5.41) is 0. The number of rotatable bonds is 4. The molecule has 0 saturated carbocycles. The first-order valence-corrected chi connectivity index (χ1v) is 4.95. The van der Waals surface area contributed by atoms with Gasteiger partial charge in [-0.25, -0.2) is 0 Å². The van der Waals surface area contributed by atoms with Crippen molar-refractivity contribution in [1.82, 2.24) is 0 Å². The van der Waals surface area contributed by atoms with Crippen molar-refractivity contribution in [2.45, 2.75) is 26.2 Å². The Morgan fingerprint density at radius 2 is 2.08 bits per heavy atom. The Kier molecular flexibility index (Phi) is 4.62. The van der Waals surface area contributed by atoms with Gasteiger partial charge in [-0.1, -0.05) is 13.3 Å². The fourth-order valence-electron chi connectivity index (χ4n) is 1.99. The van der Waals surface area contributed by atoms with Crippen molar-refractivity contribution in [3.8, 4) is 0 Å². The zero-order valence-electron chi connectivity index (χ0n) is 8.21. The molecular formula is C10H20O2. The quantitative estimate of drug-likeness (QED) is 0.646. The van der Waals surface area contributed by atoms with Crippen molar-refractivity contribution >= 4 is 0 Å². The summed E-state index contributed by atoms with van der Waals surface area (Å²) < 4.78 is 10.5. The summed E-state index contributed by atoms with van der Waals surface area (Å²) in [6, 6.07) is 0. The molecule has 2 nitrogen and oxygen atoms in total. The van der Waals surface area contributed by atoms with E-state index in [2.05, 4.69) is 6.92 Å². The van der Waals surface area contributed by atoms with E-state index < -0.39 is 0 Å². The Balaban J connectivity index is 2.29. The summed E-state index contributed by atoms with van der Waals surface area (Å²) in [6.45, 7) is 5.07. The fourth-order valence-corrected chi connectivity index (χ4v) is 1.99. The van der Waals surface area contributed by atoms with E-state index in [0.717, 1.165) is 31.7 Å². The van der Waals surface area contributed by atoms with Crippen LogP contribution in [0.3, 0.4) is 0 Å². The molecule has 1 aliphatic rings. The lowest BCUT2D eigenvalue weighted by Gasteiger charge is -2.28. The summed E-state index contributed by atoms with van der Waals surface area (Å²) >= 11 is 0. The van der Waals surface area contributed by atoms with Crippen molar-refractivity contribution < 1.29 is 9.47 Å². The van der Waals surface area contributed by atoms with Gasteiger partial charge in [0, 0.05) is 26.9 Å². The van der Waals surface area contributed by atoms with Crippen LogP contribution in [0.15, 0.2) is 0 Å². The van der Waals surface area contributed by atoms with Gasteiger partial charge in [0.25, 0.3) is 0 Å². The van der Waals surface area contributed by atoms with E-state index >= 15 is 0 Å².